The molecule has 0 unspecified atom stereocenters. The zero-order valence-electron chi connectivity index (χ0n) is 12.4. The van der Waals surface area contributed by atoms with Crippen molar-refractivity contribution in [3.05, 3.63) is 29.8 Å². The van der Waals surface area contributed by atoms with Crippen molar-refractivity contribution in [2.75, 3.05) is 18.8 Å². The number of hydrogen-bond donors (Lipinski definition) is 2. The number of carbonyl (C=O) groups excluding carboxylic acids is 1. The highest BCUT2D eigenvalue weighted by molar-refractivity contribution is 8.00. The van der Waals surface area contributed by atoms with E-state index in [9.17, 15) is 4.79 Å². The molecule has 0 aliphatic heterocycles. The Kier molecular flexibility index (Phi) is 8.94. The molecular formula is C15H25ClN2OS. The topological polar surface area (TPSA) is 55.1 Å². The molecule has 0 saturated heterocycles. The van der Waals surface area contributed by atoms with E-state index in [-0.39, 0.29) is 23.7 Å². The number of hydrogen-bond acceptors (Lipinski definition) is 3. The van der Waals surface area contributed by atoms with E-state index in [1.165, 1.54) is 5.56 Å². The molecule has 0 aliphatic rings. The maximum atomic E-state index is 11.5. The minimum atomic E-state index is 0. The van der Waals surface area contributed by atoms with Crippen LogP contribution in [-0.2, 0) is 10.2 Å². The SMILES string of the molecule is CC(C)(C)c1ccc(SCC(=O)NCCCN)cc1.Cl. The Bertz CT molecular complexity index is 401. The van der Waals surface area contributed by atoms with Crippen molar-refractivity contribution in [2.45, 2.75) is 37.5 Å². The first kappa shape index (κ1) is 19.3. The number of nitrogens with one attached hydrogen (secondary N) is 1. The van der Waals surface area contributed by atoms with Gasteiger partial charge in [-0.1, -0.05) is 32.9 Å². The second-order valence-electron chi connectivity index (χ2n) is 5.56. The van der Waals surface area contributed by atoms with Crippen LogP contribution in [0.1, 0.15) is 32.8 Å². The molecular weight excluding hydrogens is 292 g/mol. The van der Waals surface area contributed by atoms with Crippen LogP contribution in [-0.4, -0.2) is 24.7 Å². The first-order chi connectivity index (χ1) is 8.93. The van der Waals surface area contributed by atoms with Gasteiger partial charge >= 0.3 is 0 Å². The molecule has 0 heterocycles. The van der Waals surface area contributed by atoms with Crippen molar-refractivity contribution in [3.63, 3.8) is 0 Å². The largest absolute Gasteiger partial charge is 0.355 e. The van der Waals surface area contributed by atoms with E-state index >= 15 is 0 Å². The number of carbonyl (C=O) groups is 1. The van der Waals surface area contributed by atoms with E-state index in [0.29, 0.717) is 18.8 Å². The molecule has 1 amide bonds. The van der Waals surface area contributed by atoms with Crippen LogP contribution in [0.4, 0.5) is 0 Å². The third kappa shape index (κ3) is 7.17. The molecule has 3 N–H and O–H groups in total. The quantitative estimate of drug-likeness (QED) is 0.626. The van der Waals surface area contributed by atoms with Crippen LogP contribution in [0.5, 0.6) is 0 Å². The van der Waals surface area contributed by atoms with E-state index in [2.05, 4.69) is 50.4 Å². The molecule has 0 fully saturated rings. The maximum Gasteiger partial charge on any atom is 0.230 e. The van der Waals surface area contributed by atoms with Crippen molar-refractivity contribution >= 4 is 30.1 Å². The van der Waals surface area contributed by atoms with Gasteiger partial charge in [0.05, 0.1) is 5.75 Å². The van der Waals surface area contributed by atoms with Crippen LogP contribution in [0, 0.1) is 0 Å². The summed E-state index contributed by atoms with van der Waals surface area (Å²) in [6.07, 6.45) is 0.830. The molecule has 0 aliphatic carbocycles. The lowest BCUT2D eigenvalue weighted by Crippen LogP contribution is -2.27. The fourth-order valence-corrected chi connectivity index (χ4v) is 2.31. The Morgan fingerprint density at radius 1 is 1.25 bits per heavy atom. The molecule has 1 aromatic rings. The van der Waals surface area contributed by atoms with Gasteiger partial charge in [-0.05, 0) is 36.1 Å². The zero-order valence-corrected chi connectivity index (χ0v) is 14.1. The molecule has 0 atom stereocenters. The summed E-state index contributed by atoms with van der Waals surface area (Å²) in [6.45, 7) is 7.86. The minimum absolute atomic E-state index is 0. The second kappa shape index (κ2) is 9.27. The molecule has 114 valence electrons. The summed E-state index contributed by atoms with van der Waals surface area (Å²) in [7, 11) is 0. The summed E-state index contributed by atoms with van der Waals surface area (Å²) in [6, 6.07) is 8.43. The van der Waals surface area contributed by atoms with E-state index in [0.717, 1.165) is 11.3 Å². The minimum Gasteiger partial charge on any atom is -0.355 e. The van der Waals surface area contributed by atoms with Gasteiger partial charge in [-0.25, -0.2) is 0 Å². The van der Waals surface area contributed by atoms with E-state index in [1.54, 1.807) is 11.8 Å². The summed E-state index contributed by atoms with van der Waals surface area (Å²) in [5, 5.41) is 2.85. The molecule has 1 aromatic carbocycles. The molecule has 1 rings (SSSR count). The molecule has 0 saturated carbocycles. The Morgan fingerprint density at radius 3 is 2.35 bits per heavy atom. The summed E-state index contributed by atoms with van der Waals surface area (Å²) >= 11 is 1.56. The van der Waals surface area contributed by atoms with Gasteiger partial charge in [0, 0.05) is 11.4 Å². The standard InChI is InChI=1S/C15H24N2OS.ClH/c1-15(2,3)12-5-7-13(8-6-12)19-11-14(18)17-10-4-9-16;/h5-8H,4,9-11,16H2,1-3H3,(H,17,18);1H. The number of benzene rings is 1. The summed E-state index contributed by atoms with van der Waals surface area (Å²) in [4.78, 5) is 12.7. The average molecular weight is 317 g/mol. The molecule has 3 nitrogen and oxygen atoms in total. The van der Waals surface area contributed by atoms with Crippen LogP contribution in [0.2, 0.25) is 0 Å². The van der Waals surface area contributed by atoms with Gasteiger partial charge < -0.3 is 11.1 Å². The van der Waals surface area contributed by atoms with Gasteiger partial charge in [-0.15, -0.1) is 24.2 Å². The van der Waals surface area contributed by atoms with Gasteiger partial charge in [-0.2, -0.15) is 0 Å². The fourth-order valence-electron chi connectivity index (χ4n) is 1.58. The lowest BCUT2D eigenvalue weighted by atomic mass is 9.87. The smallest absolute Gasteiger partial charge is 0.230 e. The van der Waals surface area contributed by atoms with Crippen molar-refractivity contribution < 1.29 is 4.79 Å². The van der Waals surface area contributed by atoms with Gasteiger partial charge in [0.15, 0.2) is 0 Å². The summed E-state index contributed by atoms with van der Waals surface area (Å²) in [5.41, 5.74) is 6.85. The highest BCUT2D eigenvalue weighted by atomic mass is 35.5. The Hall–Kier alpha value is -0.710. The predicted octanol–water partition coefficient (Wildman–Crippen LogP) is 2.96. The lowest BCUT2D eigenvalue weighted by molar-refractivity contribution is -0.118. The number of amides is 1. The molecule has 0 spiro atoms. The van der Waals surface area contributed by atoms with Gasteiger partial charge in [-0.3, -0.25) is 4.79 Å². The normalized spacial score (nSPS) is 10.8. The van der Waals surface area contributed by atoms with E-state index in [1.807, 2.05) is 0 Å². The Balaban J connectivity index is 0.00000361. The van der Waals surface area contributed by atoms with Crippen LogP contribution < -0.4 is 11.1 Å². The maximum absolute atomic E-state index is 11.5. The molecule has 0 radical (unpaired) electrons. The number of rotatable bonds is 6. The predicted molar refractivity (Wildman–Crippen MR) is 89.8 cm³/mol. The number of nitrogens with two attached hydrogens (primary N) is 1. The van der Waals surface area contributed by atoms with Gasteiger partial charge in [0.2, 0.25) is 5.91 Å². The van der Waals surface area contributed by atoms with Crippen molar-refractivity contribution in [1.82, 2.24) is 5.32 Å². The number of halogens is 1. The second-order valence-corrected chi connectivity index (χ2v) is 6.60. The Labute approximate surface area is 132 Å². The number of thioether (sulfide) groups is 1. The first-order valence-electron chi connectivity index (χ1n) is 6.63. The van der Waals surface area contributed by atoms with E-state index < -0.39 is 0 Å². The highest BCUT2D eigenvalue weighted by Gasteiger charge is 2.13. The van der Waals surface area contributed by atoms with E-state index in [4.69, 9.17) is 5.73 Å². The molecule has 20 heavy (non-hydrogen) atoms. The first-order valence-corrected chi connectivity index (χ1v) is 7.62. The van der Waals surface area contributed by atoms with Crippen molar-refractivity contribution in [3.8, 4) is 0 Å². The molecule has 0 aromatic heterocycles. The van der Waals surface area contributed by atoms with Gasteiger partial charge in [0.1, 0.15) is 0 Å². The molecule has 5 heteroatoms. The molecule has 0 bridgehead atoms. The van der Waals surface area contributed by atoms with Crippen molar-refractivity contribution in [2.24, 2.45) is 5.73 Å². The summed E-state index contributed by atoms with van der Waals surface area (Å²) in [5.74, 6) is 0.526. The van der Waals surface area contributed by atoms with Crippen molar-refractivity contribution in [1.29, 1.82) is 0 Å². The van der Waals surface area contributed by atoms with Gasteiger partial charge in [0.25, 0.3) is 0 Å². The van der Waals surface area contributed by atoms with Crippen LogP contribution >= 0.6 is 24.2 Å². The third-order valence-corrected chi connectivity index (χ3v) is 3.81. The zero-order chi connectivity index (χ0) is 14.3. The average Bonchev–Trinajstić information content (AvgIpc) is 2.36. The monoisotopic (exact) mass is 316 g/mol. The van der Waals surface area contributed by atoms with Crippen LogP contribution in [0.3, 0.4) is 0 Å². The van der Waals surface area contributed by atoms with Crippen LogP contribution in [0.25, 0.3) is 0 Å². The highest BCUT2D eigenvalue weighted by Crippen LogP contribution is 2.25. The fraction of sp³-hybridized carbons (Fsp3) is 0.533. The van der Waals surface area contributed by atoms with Crippen LogP contribution in [0.15, 0.2) is 29.2 Å². The Morgan fingerprint density at radius 2 is 1.85 bits per heavy atom. The summed E-state index contributed by atoms with van der Waals surface area (Å²) < 4.78 is 0. The lowest BCUT2D eigenvalue weighted by Gasteiger charge is -2.19. The third-order valence-electron chi connectivity index (χ3n) is 2.79.